The minimum atomic E-state index is -2.92. The molecule has 0 unspecified atom stereocenters. The Balaban J connectivity index is 1.68. The molecule has 40 heavy (non-hydrogen) atoms. The van der Waals surface area contributed by atoms with E-state index in [-0.39, 0.29) is 30.4 Å². The summed E-state index contributed by atoms with van der Waals surface area (Å²) in [6.07, 6.45) is 0.879. The van der Waals surface area contributed by atoms with Gasteiger partial charge in [-0.1, -0.05) is 17.7 Å². The highest BCUT2D eigenvalue weighted by atomic mass is 35.5. The summed E-state index contributed by atoms with van der Waals surface area (Å²) in [6.45, 7) is -3.46. The zero-order valence-corrected chi connectivity index (χ0v) is 22.1. The Morgan fingerprint density at radius 2 is 2.20 bits per heavy atom. The van der Waals surface area contributed by atoms with Gasteiger partial charge in [0, 0.05) is 46.1 Å². The number of rotatable bonds is 8. The van der Waals surface area contributed by atoms with Gasteiger partial charge in [-0.15, -0.1) is 11.3 Å². The van der Waals surface area contributed by atoms with E-state index in [1.165, 1.54) is 29.5 Å². The molecule has 1 saturated heterocycles. The number of cyclic esters (lactones) is 1. The van der Waals surface area contributed by atoms with E-state index in [4.69, 9.17) is 26.1 Å². The highest BCUT2D eigenvalue weighted by molar-refractivity contribution is 7.11. The number of ether oxygens (including phenoxy) is 3. The average molecular weight is 597 g/mol. The third-order valence-electron chi connectivity index (χ3n) is 6.10. The van der Waals surface area contributed by atoms with Gasteiger partial charge in [0.15, 0.2) is 10.8 Å². The molecule has 2 aliphatic rings. The van der Waals surface area contributed by atoms with Crippen LogP contribution in [0.15, 0.2) is 52.7 Å². The van der Waals surface area contributed by atoms with Crippen LogP contribution < -0.4 is 10.6 Å². The van der Waals surface area contributed by atoms with Crippen molar-refractivity contribution in [2.24, 2.45) is 4.99 Å². The van der Waals surface area contributed by atoms with Crippen molar-refractivity contribution in [3.63, 3.8) is 0 Å². The fourth-order valence-corrected chi connectivity index (χ4v) is 5.19. The Hall–Kier alpha value is -4.11. The van der Waals surface area contributed by atoms with Crippen LogP contribution in [0.3, 0.4) is 0 Å². The summed E-state index contributed by atoms with van der Waals surface area (Å²) in [6, 6.07) is 4.17. The van der Waals surface area contributed by atoms with E-state index in [2.05, 4.69) is 25.5 Å². The molecule has 4 heterocycles. The molecule has 2 aromatic heterocycles. The lowest BCUT2D eigenvalue weighted by atomic mass is 9.87. The number of amides is 1. The minimum absolute atomic E-state index is 0.0421. The lowest BCUT2D eigenvalue weighted by Crippen LogP contribution is -2.50. The van der Waals surface area contributed by atoms with E-state index in [9.17, 15) is 22.8 Å². The van der Waals surface area contributed by atoms with Crippen LogP contribution in [0.4, 0.5) is 22.8 Å². The van der Waals surface area contributed by atoms with Gasteiger partial charge >= 0.3 is 18.8 Å². The number of thiazole rings is 1. The Labute approximate surface area is 233 Å². The second-order valence-corrected chi connectivity index (χ2v) is 10.1. The molecule has 16 heteroatoms. The summed E-state index contributed by atoms with van der Waals surface area (Å²) in [5.41, 5.74) is -0.128. The van der Waals surface area contributed by atoms with Crippen LogP contribution in [0.2, 0.25) is 5.02 Å². The molecule has 1 aromatic carbocycles. The van der Waals surface area contributed by atoms with Crippen molar-refractivity contribution >= 4 is 46.6 Å². The molecular formula is C24H20ClF3N6O5S. The highest BCUT2D eigenvalue weighted by Gasteiger charge is 2.44. The molecule has 1 fully saturated rings. The first-order valence-corrected chi connectivity index (χ1v) is 12.9. The third kappa shape index (κ3) is 5.60. The maximum atomic E-state index is 14.0. The lowest BCUT2D eigenvalue weighted by molar-refractivity contribution is 0.0470. The second kappa shape index (κ2) is 11.2. The Morgan fingerprint density at radius 3 is 2.83 bits per heavy atom. The first-order valence-electron chi connectivity index (χ1n) is 11.6. The first kappa shape index (κ1) is 27.5. The monoisotopic (exact) mass is 596 g/mol. The topological polar surface area (TPSA) is 129 Å². The van der Waals surface area contributed by atoms with Crippen LogP contribution in [0.25, 0.3) is 5.57 Å². The number of methoxy groups -OCH3 is 1. The number of aliphatic imine (C=N–C) groups is 1. The summed E-state index contributed by atoms with van der Waals surface area (Å²) in [4.78, 5) is 33.0. The van der Waals surface area contributed by atoms with Crippen LogP contribution in [0, 0.1) is 5.82 Å². The van der Waals surface area contributed by atoms with Gasteiger partial charge in [0.2, 0.25) is 0 Å². The van der Waals surface area contributed by atoms with E-state index < -0.39 is 36.2 Å². The number of amidine groups is 1. The fraction of sp³-hybridized carbons (Fsp3) is 0.292. The standard InChI is InChI=1S/C24H20ClF3N6O5S/c1-37-23(36)39-11-24(10-38-22(35)32-24)9-16-17(15-4-6-34(33-15)21(27)28)18(13-3-2-12(26)8-14(13)25)31-19(30-16)20-29-5-7-40-20/h2-8,18,21H,9-11H2,1H3,(H,30,31)(H,32,35)/t18-,24-/m0/s1. The number of hydrogen-bond donors (Lipinski definition) is 2. The maximum absolute atomic E-state index is 14.0. The van der Waals surface area contributed by atoms with Gasteiger partial charge < -0.3 is 24.8 Å². The molecule has 5 rings (SSSR count). The molecule has 2 atom stereocenters. The number of alkyl carbamates (subject to hydrolysis) is 1. The smallest absolute Gasteiger partial charge is 0.447 e. The quantitative estimate of drug-likeness (QED) is 0.359. The predicted molar refractivity (Wildman–Crippen MR) is 137 cm³/mol. The Bertz CT molecular complexity index is 1500. The molecule has 0 bridgehead atoms. The number of halogens is 4. The van der Waals surface area contributed by atoms with E-state index >= 15 is 0 Å². The van der Waals surface area contributed by atoms with Crippen molar-refractivity contribution in [1.29, 1.82) is 0 Å². The molecule has 2 aliphatic heterocycles. The van der Waals surface area contributed by atoms with Gasteiger partial charge in [0.1, 0.15) is 30.6 Å². The number of carbonyl (C=O) groups is 2. The minimum Gasteiger partial charge on any atom is -0.447 e. The first-order chi connectivity index (χ1) is 19.2. The predicted octanol–water partition coefficient (Wildman–Crippen LogP) is 4.68. The summed E-state index contributed by atoms with van der Waals surface area (Å²) in [7, 11) is 1.13. The van der Waals surface area contributed by atoms with Crippen molar-refractivity contribution < 1.29 is 37.0 Å². The largest absolute Gasteiger partial charge is 0.508 e. The third-order valence-corrected chi connectivity index (χ3v) is 7.20. The number of alkyl halides is 2. The van der Waals surface area contributed by atoms with Crippen molar-refractivity contribution in [2.75, 3.05) is 20.3 Å². The van der Waals surface area contributed by atoms with Crippen molar-refractivity contribution in [3.8, 4) is 0 Å². The molecule has 2 N–H and O–H groups in total. The lowest BCUT2D eigenvalue weighted by Gasteiger charge is -2.33. The number of aromatic nitrogens is 3. The number of benzene rings is 1. The van der Waals surface area contributed by atoms with Gasteiger partial charge in [-0.25, -0.2) is 23.6 Å². The van der Waals surface area contributed by atoms with Crippen molar-refractivity contribution in [1.82, 2.24) is 25.4 Å². The van der Waals surface area contributed by atoms with Gasteiger partial charge in [-0.3, -0.25) is 4.99 Å². The molecule has 0 radical (unpaired) electrons. The fourth-order valence-electron chi connectivity index (χ4n) is 4.33. The maximum Gasteiger partial charge on any atom is 0.508 e. The number of carbonyl (C=O) groups excluding carboxylic acids is 2. The van der Waals surface area contributed by atoms with Gasteiger partial charge in [0.25, 0.3) is 0 Å². The van der Waals surface area contributed by atoms with E-state index in [0.717, 1.165) is 19.4 Å². The summed E-state index contributed by atoms with van der Waals surface area (Å²) < 4.78 is 56.3. The highest BCUT2D eigenvalue weighted by Crippen LogP contribution is 2.42. The van der Waals surface area contributed by atoms with Crippen LogP contribution in [-0.4, -0.2) is 58.7 Å². The average Bonchev–Trinajstić information content (AvgIpc) is 3.69. The van der Waals surface area contributed by atoms with E-state index in [1.807, 2.05) is 0 Å². The van der Waals surface area contributed by atoms with E-state index in [1.54, 1.807) is 11.6 Å². The Kier molecular flexibility index (Phi) is 7.67. The molecule has 0 aliphatic carbocycles. The van der Waals surface area contributed by atoms with Crippen LogP contribution in [0.5, 0.6) is 0 Å². The summed E-state index contributed by atoms with van der Waals surface area (Å²) in [5.74, 6) is -0.272. The molecule has 0 spiro atoms. The SMILES string of the molecule is COC(=O)OC[C@]1(CC2=C(c3ccn(C(F)F)n3)[C@H](c3ccc(F)cc3Cl)N=C(c3nccs3)N2)COC(=O)N1. The van der Waals surface area contributed by atoms with Gasteiger partial charge in [-0.2, -0.15) is 13.9 Å². The molecule has 1 amide bonds. The Morgan fingerprint density at radius 1 is 1.38 bits per heavy atom. The van der Waals surface area contributed by atoms with Crippen molar-refractivity contribution in [3.05, 3.63) is 74.8 Å². The molecular weight excluding hydrogens is 577 g/mol. The zero-order chi connectivity index (χ0) is 28.4. The van der Waals surface area contributed by atoms with Crippen LogP contribution in [0.1, 0.15) is 35.3 Å². The normalized spacial score (nSPS) is 20.6. The second-order valence-electron chi connectivity index (χ2n) is 8.76. The number of hydrogen-bond acceptors (Lipinski definition) is 10. The zero-order valence-electron chi connectivity index (χ0n) is 20.6. The number of nitrogens with zero attached hydrogens (tertiary/aromatic N) is 4. The van der Waals surface area contributed by atoms with Crippen LogP contribution in [-0.2, 0) is 14.2 Å². The van der Waals surface area contributed by atoms with E-state index in [0.29, 0.717) is 32.4 Å². The number of nitrogens with one attached hydrogen (secondary N) is 2. The molecule has 0 saturated carbocycles. The van der Waals surface area contributed by atoms with Gasteiger partial charge in [0.05, 0.1) is 12.8 Å². The molecule has 3 aromatic rings. The van der Waals surface area contributed by atoms with Crippen molar-refractivity contribution in [2.45, 2.75) is 24.6 Å². The van der Waals surface area contributed by atoms with Crippen LogP contribution >= 0.6 is 22.9 Å². The molecule has 11 nitrogen and oxygen atoms in total. The summed E-state index contributed by atoms with van der Waals surface area (Å²) >= 11 is 7.73. The molecule has 210 valence electrons. The van der Waals surface area contributed by atoms with Gasteiger partial charge in [-0.05, 0) is 18.2 Å². The summed E-state index contributed by atoms with van der Waals surface area (Å²) in [5, 5.41) is 12.2.